The van der Waals surface area contributed by atoms with Crippen LogP contribution >= 0.6 is 0 Å². The standard InChI is InChI=1S/C22H25F3N8O2/c1-12(2)35-20-19(34)30-17-13(3)29-21(31-18(17)32(20)4)27-8-14-9-28-33(10-14)11-16-7-15(5-6-26-16)22(23,24)25/h5-7,9-10,12,20H,8,11H2,1-4H3,(H,30,34)(H,27,29,31). The average molecular weight is 490 g/mol. The van der Waals surface area contributed by atoms with E-state index in [1.54, 1.807) is 31.3 Å². The Balaban J connectivity index is 1.45. The number of carbonyl (C=O) groups excluding carboxylic acids is 1. The molecule has 0 spiro atoms. The van der Waals surface area contributed by atoms with Crippen molar-refractivity contribution in [3.8, 4) is 0 Å². The molecule has 1 atom stereocenters. The number of halogens is 3. The summed E-state index contributed by atoms with van der Waals surface area (Å²) in [6.45, 7) is 5.89. The molecule has 0 radical (unpaired) electrons. The highest BCUT2D eigenvalue weighted by Gasteiger charge is 2.35. The molecule has 0 bridgehead atoms. The van der Waals surface area contributed by atoms with Crippen LogP contribution in [0.4, 0.5) is 30.6 Å². The lowest BCUT2D eigenvalue weighted by Gasteiger charge is -2.35. The van der Waals surface area contributed by atoms with Crippen molar-refractivity contribution in [1.29, 1.82) is 0 Å². The van der Waals surface area contributed by atoms with Crippen LogP contribution in [0.3, 0.4) is 0 Å². The zero-order chi connectivity index (χ0) is 25.3. The molecular weight excluding hydrogens is 465 g/mol. The first-order chi connectivity index (χ1) is 16.5. The third-order valence-electron chi connectivity index (χ3n) is 5.24. The molecule has 0 saturated heterocycles. The molecule has 1 aliphatic heterocycles. The third-order valence-corrected chi connectivity index (χ3v) is 5.24. The van der Waals surface area contributed by atoms with E-state index in [0.717, 1.165) is 23.9 Å². The summed E-state index contributed by atoms with van der Waals surface area (Å²) < 4.78 is 46.0. The molecule has 0 aromatic carbocycles. The first kappa shape index (κ1) is 24.4. The molecule has 0 fully saturated rings. The van der Waals surface area contributed by atoms with E-state index < -0.39 is 18.0 Å². The van der Waals surface area contributed by atoms with Crippen molar-refractivity contribution in [2.75, 3.05) is 22.6 Å². The van der Waals surface area contributed by atoms with Gasteiger partial charge in [-0.1, -0.05) is 0 Å². The average Bonchev–Trinajstić information content (AvgIpc) is 3.23. The second-order valence-electron chi connectivity index (χ2n) is 8.40. The highest BCUT2D eigenvalue weighted by atomic mass is 19.4. The number of fused-ring (bicyclic) bond motifs is 1. The predicted octanol–water partition coefficient (Wildman–Crippen LogP) is 3.20. The zero-order valence-corrected chi connectivity index (χ0v) is 19.6. The lowest BCUT2D eigenvalue weighted by Crippen LogP contribution is -2.49. The fourth-order valence-corrected chi connectivity index (χ4v) is 3.59. The van der Waals surface area contributed by atoms with Gasteiger partial charge in [0.25, 0.3) is 5.91 Å². The van der Waals surface area contributed by atoms with Gasteiger partial charge in [-0.25, -0.2) is 4.98 Å². The van der Waals surface area contributed by atoms with Gasteiger partial charge in [0, 0.05) is 31.5 Å². The molecule has 1 aliphatic rings. The van der Waals surface area contributed by atoms with E-state index in [1.807, 2.05) is 13.8 Å². The van der Waals surface area contributed by atoms with E-state index in [2.05, 4.69) is 30.7 Å². The number of likely N-dealkylation sites (N-methyl/N-ethyl adjacent to an activating group) is 1. The molecule has 1 unspecified atom stereocenters. The van der Waals surface area contributed by atoms with Crippen LogP contribution in [0.2, 0.25) is 0 Å². The molecule has 3 aromatic heterocycles. The maximum absolute atomic E-state index is 12.9. The Hall–Kier alpha value is -3.74. The number of alkyl halides is 3. The minimum atomic E-state index is -4.43. The highest BCUT2D eigenvalue weighted by Crippen LogP contribution is 2.33. The number of pyridine rings is 1. The summed E-state index contributed by atoms with van der Waals surface area (Å²) >= 11 is 0. The van der Waals surface area contributed by atoms with Crippen molar-refractivity contribution in [2.45, 2.75) is 52.4 Å². The molecule has 2 N–H and O–H groups in total. The second kappa shape index (κ2) is 9.49. The minimum absolute atomic E-state index is 0.0973. The van der Waals surface area contributed by atoms with Gasteiger partial charge in [-0.3, -0.25) is 14.5 Å². The Morgan fingerprint density at radius 1 is 1.29 bits per heavy atom. The number of amides is 1. The van der Waals surface area contributed by atoms with E-state index >= 15 is 0 Å². The largest absolute Gasteiger partial charge is 0.416 e. The van der Waals surface area contributed by atoms with Crippen LogP contribution in [0, 0.1) is 6.92 Å². The van der Waals surface area contributed by atoms with Crippen molar-refractivity contribution in [2.24, 2.45) is 0 Å². The monoisotopic (exact) mass is 490 g/mol. The first-order valence-electron chi connectivity index (χ1n) is 10.9. The minimum Gasteiger partial charge on any atom is -0.350 e. The van der Waals surface area contributed by atoms with Crippen molar-refractivity contribution < 1.29 is 22.7 Å². The Labute approximate surface area is 199 Å². The number of aromatic nitrogens is 5. The van der Waals surface area contributed by atoms with Crippen LogP contribution in [0.5, 0.6) is 0 Å². The summed E-state index contributed by atoms with van der Waals surface area (Å²) in [5, 5.41) is 10.1. The smallest absolute Gasteiger partial charge is 0.350 e. The van der Waals surface area contributed by atoms with E-state index in [9.17, 15) is 18.0 Å². The SMILES string of the molecule is Cc1nc(NCc2cnn(Cc3cc(C(F)(F)F)ccn3)c2)nc2c1NC(=O)C(OC(C)C)N2C. The Morgan fingerprint density at radius 2 is 2.06 bits per heavy atom. The van der Waals surface area contributed by atoms with Gasteiger partial charge in [-0.2, -0.15) is 23.3 Å². The highest BCUT2D eigenvalue weighted by molar-refractivity contribution is 6.02. The van der Waals surface area contributed by atoms with Crippen LogP contribution < -0.4 is 15.5 Å². The summed E-state index contributed by atoms with van der Waals surface area (Å²) in [7, 11) is 1.73. The number of nitrogens with one attached hydrogen (secondary N) is 2. The molecule has 35 heavy (non-hydrogen) atoms. The van der Waals surface area contributed by atoms with Gasteiger partial charge in [0.1, 0.15) is 5.69 Å². The molecule has 4 rings (SSSR count). The van der Waals surface area contributed by atoms with Crippen molar-refractivity contribution in [3.05, 3.63) is 53.2 Å². The Kier molecular flexibility index (Phi) is 6.61. The van der Waals surface area contributed by atoms with Crippen LogP contribution in [0.1, 0.15) is 36.4 Å². The number of carbonyl (C=O) groups is 1. The number of hydrogen-bond donors (Lipinski definition) is 2. The molecule has 13 heteroatoms. The summed E-state index contributed by atoms with van der Waals surface area (Å²) in [4.78, 5) is 27.0. The quantitative estimate of drug-likeness (QED) is 0.520. The second-order valence-corrected chi connectivity index (χ2v) is 8.40. The first-order valence-corrected chi connectivity index (χ1v) is 10.9. The lowest BCUT2D eigenvalue weighted by atomic mass is 10.2. The van der Waals surface area contributed by atoms with Crippen molar-refractivity contribution in [3.63, 3.8) is 0 Å². The summed E-state index contributed by atoms with van der Waals surface area (Å²) in [5.74, 6) is 0.584. The number of anilines is 3. The normalized spacial score (nSPS) is 15.8. The van der Waals surface area contributed by atoms with Gasteiger partial charge in [0.05, 0.1) is 35.8 Å². The zero-order valence-electron chi connectivity index (χ0n) is 19.6. The lowest BCUT2D eigenvalue weighted by molar-refractivity contribution is -0.137. The number of aryl methyl sites for hydroxylation is 1. The van der Waals surface area contributed by atoms with Gasteiger partial charge < -0.3 is 20.3 Å². The summed E-state index contributed by atoms with van der Waals surface area (Å²) in [6, 6.07) is 1.94. The van der Waals surface area contributed by atoms with Crippen LogP contribution in [-0.2, 0) is 28.8 Å². The molecule has 186 valence electrons. The van der Waals surface area contributed by atoms with Crippen LogP contribution in [0.25, 0.3) is 0 Å². The molecular formula is C22H25F3N8O2. The summed E-state index contributed by atoms with van der Waals surface area (Å²) in [5.41, 5.74) is 1.39. The fraction of sp³-hybridized carbons (Fsp3) is 0.409. The maximum Gasteiger partial charge on any atom is 0.416 e. The number of nitrogens with zero attached hydrogens (tertiary/aromatic N) is 6. The number of rotatable bonds is 7. The summed E-state index contributed by atoms with van der Waals surface area (Å²) in [6.07, 6.45) is -0.952. The third kappa shape index (κ3) is 5.50. The number of ether oxygens (including phenoxy) is 1. The number of hydrogen-bond acceptors (Lipinski definition) is 8. The van der Waals surface area contributed by atoms with E-state index in [1.165, 1.54) is 4.68 Å². The molecule has 0 saturated carbocycles. The molecule has 1 amide bonds. The van der Waals surface area contributed by atoms with Crippen molar-refractivity contribution in [1.82, 2.24) is 24.7 Å². The van der Waals surface area contributed by atoms with E-state index in [0.29, 0.717) is 29.7 Å². The van der Waals surface area contributed by atoms with E-state index in [-0.39, 0.29) is 24.2 Å². The molecule has 0 aliphatic carbocycles. The molecule has 4 heterocycles. The topological polar surface area (TPSA) is 110 Å². The Morgan fingerprint density at radius 3 is 2.77 bits per heavy atom. The fourth-order valence-electron chi connectivity index (χ4n) is 3.59. The van der Waals surface area contributed by atoms with Gasteiger partial charge in [0.15, 0.2) is 5.82 Å². The van der Waals surface area contributed by atoms with Crippen LogP contribution in [0.15, 0.2) is 30.7 Å². The predicted molar refractivity (Wildman–Crippen MR) is 122 cm³/mol. The Bertz CT molecular complexity index is 1230. The maximum atomic E-state index is 12.9. The van der Waals surface area contributed by atoms with Crippen molar-refractivity contribution >= 4 is 23.4 Å². The van der Waals surface area contributed by atoms with E-state index in [4.69, 9.17) is 4.74 Å². The van der Waals surface area contributed by atoms with Gasteiger partial charge in [-0.05, 0) is 32.9 Å². The van der Waals surface area contributed by atoms with Crippen LogP contribution in [-0.4, -0.2) is 50.0 Å². The molecule has 10 nitrogen and oxygen atoms in total. The van der Waals surface area contributed by atoms with Gasteiger partial charge in [0.2, 0.25) is 12.2 Å². The van der Waals surface area contributed by atoms with Gasteiger partial charge >= 0.3 is 6.18 Å². The molecule has 3 aromatic rings. The van der Waals surface area contributed by atoms with Gasteiger partial charge in [-0.15, -0.1) is 0 Å².